The van der Waals surface area contributed by atoms with Crippen molar-refractivity contribution in [2.75, 3.05) is 37.6 Å². The zero-order valence-electron chi connectivity index (χ0n) is 16.8. The molecule has 4 rings (SSSR count). The van der Waals surface area contributed by atoms with E-state index in [1.54, 1.807) is 0 Å². The number of piperazine rings is 1. The highest BCUT2D eigenvalue weighted by Gasteiger charge is 2.22. The third kappa shape index (κ3) is 4.38. The normalized spacial score (nSPS) is 16.2. The number of pyridine rings is 1. The van der Waals surface area contributed by atoms with Gasteiger partial charge in [0.25, 0.3) is 5.91 Å². The largest absolute Gasteiger partial charge is 0.358 e. The maximum absolute atomic E-state index is 12.9. The number of hydrogen-bond donors (Lipinski definition) is 2. The number of hydrogen-bond acceptors (Lipinski definition) is 4. The first kappa shape index (κ1) is 19.7. The van der Waals surface area contributed by atoms with Crippen LogP contribution in [0.1, 0.15) is 23.0 Å². The number of fused-ring (bicyclic) bond motifs is 1. The zero-order valence-corrected chi connectivity index (χ0v) is 17.5. The minimum absolute atomic E-state index is 0.0486. The summed E-state index contributed by atoms with van der Waals surface area (Å²) in [5.74, 6) is 0.970. The number of amides is 1. The number of nitrogens with zero attached hydrogens (tertiary/aromatic N) is 3. The first-order chi connectivity index (χ1) is 14.0. The van der Waals surface area contributed by atoms with E-state index < -0.39 is 0 Å². The van der Waals surface area contributed by atoms with Gasteiger partial charge in [-0.1, -0.05) is 17.7 Å². The van der Waals surface area contributed by atoms with Crippen LogP contribution in [-0.2, 0) is 0 Å². The summed E-state index contributed by atoms with van der Waals surface area (Å²) in [6.07, 6.45) is 1.83. The molecule has 2 aromatic heterocycles. The van der Waals surface area contributed by atoms with Crippen LogP contribution in [0, 0.1) is 6.92 Å². The highest BCUT2D eigenvalue weighted by Crippen LogP contribution is 2.25. The molecule has 0 radical (unpaired) electrons. The predicted molar refractivity (Wildman–Crippen MR) is 118 cm³/mol. The number of anilines is 1. The third-order valence-corrected chi connectivity index (χ3v) is 5.67. The van der Waals surface area contributed by atoms with Crippen molar-refractivity contribution in [3.63, 3.8) is 0 Å². The highest BCUT2D eigenvalue weighted by atomic mass is 35.5. The standard InChI is InChI=1S/C22H26ClN5O/c1-15(14-27-9-11-28(12-10-27)20-5-3-4-8-24-20)25-22(29)21-16(2)26-19-7-6-17(23)13-18(19)21/h3-8,13,15,26H,9-12,14H2,1-2H3,(H,25,29)/t15-/m0/s1. The van der Waals surface area contributed by atoms with Gasteiger partial charge in [0.05, 0.1) is 5.56 Å². The van der Waals surface area contributed by atoms with Crippen LogP contribution in [0.2, 0.25) is 5.02 Å². The second kappa shape index (κ2) is 8.43. The molecule has 1 fully saturated rings. The average molecular weight is 412 g/mol. The summed E-state index contributed by atoms with van der Waals surface area (Å²) in [5, 5.41) is 4.65. The number of aromatic amines is 1. The Morgan fingerprint density at radius 1 is 1.24 bits per heavy atom. The van der Waals surface area contributed by atoms with E-state index in [9.17, 15) is 4.79 Å². The van der Waals surface area contributed by atoms with Gasteiger partial charge in [0, 0.05) is 66.6 Å². The van der Waals surface area contributed by atoms with Crippen molar-refractivity contribution in [3.05, 3.63) is 58.9 Å². The molecule has 0 bridgehead atoms. The molecular formula is C22H26ClN5O. The van der Waals surface area contributed by atoms with Crippen LogP contribution in [0.5, 0.6) is 0 Å². The second-order valence-electron chi connectivity index (χ2n) is 7.67. The topological polar surface area (TPSA) is 64.3 Å². The molecule has 1 aromatic carbocycles. The number of benzene rings is 1. The summed E-state index contributed by atoms with van der Waals surface area (Å²) in [7, 11) is 0. The number of carbonyl (C=O) groups excluding carboxylic acids is 1. The summed E-state index contributed by atoms with van der Waals surface area (Å²) in [6, 6.07) is 11.6. The minimum Gasteiger partial charge on any atom is -0.358 e. The van der Waals surface area contributed by atoms with Crippen molar-refractivity contribution >= 4 is 34.2 Å². The molecule has 2 N–H and O–H groups in total. The molecule has 3 aromatic rings. The van der Waals surface area contributed by atoms with Gasteiger partial charge in [-0.2, -0.15) is 0 Å². The minimum atomic E-state index is -0.0596. The highest BCUT2D eigenvalue weighted by molar-refractivity contribution is 6.31. The Morgan fingerprint density at radius 3 is 2.76 bits per heavy atom. The third-order valence-electron chi connectivity index (χ3n) is 5.43. The number of nitrogens with one attached hydrogen (secondary N) is 2. The summed E-state index contributed by atoms with van der Waals surface area (Å²) in [4.78, 5) is 25.3. The van der Waals surface area contributed by atoms with Gasteiger partial charge in [0.2, 0.25) is 0 Å². The Morgan fingerprint density at radius 2 is 2.03 bits per heavy atom. The first-order valence-corrected chi connectivity index (χ1v) is 10.4. The van der Waals surface area contributed by atoms with Gasteiger partial charge in [-0.3, -0.25) is 9.69 Å². The maximum atomic E-state index is 12.9. The Kier molecular flexibility index (Phi) is 5.74. The van der Waals surface area contributed by atoms with E-state index in [0.29, 0.717) is 10.6 Å². The van der Waals surface area contributed by atoms with Gasteiger partial charge in [-0.25, -0.2) is 4.98 Å². The lowest BCUT2D eigenvalue weighted by atomic mass is 10.1. The molecule has 1 aliphatic rings. The van der Waals surface area contributed by atoms with Gasteiger partial charge in [-0.15, -0.1) is 0 Å². The van der Waals surface area contributed by atoms with Crippen molar-refractivity contribution < 1.29 is 4.79 Å². The predicted octanol–water partition coefficient (Wildman–Crippen LogP) is 3.47. The van der Waals surface area contributed by atoms with Crippen molar-refractivity contribution in [1.29, 1.82) is 0 Å². The van der Waals surface area contributed by atoms with Crippen molar-refractivity contribution in [1.82, 2.24) is 20.2 Å². The van der Waals surface area contributed by atoms with E-state index >= 15 is 0 Å². The van der Waals surface area contributed by atoms with E-state index in [0.717, 1.165) is 55.1 Å². The molecule has 1 amide bonds. The van der Waals surface area contributed by atoms with Crippen LogP contribution in [0.3, 0.4) is 0 Å². The Balaban J connectivity index is 1.35. The fourth-order valence-electron chi connectivity index (χ4n) is 4.02. The lowest BCUT2D eigenvalue weighted by Gasteiger charge is -2.36. The second-order valence-corrected chi connectivity index (χ2v) is 8.10. The van der Waals surface area contributed by atoms with Crippen LogP contribution in [0.25, 0.3) is 10.9 Å². The van der Waals surface area contributed by atoms with Gasteiger partial charge in [-0.05, 0) is 44.2 Å². The van der Waals surface area contributed by atoms with E-state index in [1.165, 1.54) is 0 Å². The molecule has 1 saturated heterocycles. The van der Waals surface area contributed by atoms with Crippen LogP contribution in [0.4, 0.5) is 5.82 Å². The Hall–Kier alpha value is -2.57. The van der Waals surface area contributed by atoms with Gasteiger partial charge in [0.1, 0.15) is 5.82 Å². The first-order valence-electron chi connectivity index (χ1n) is 9.98. The number of aryl methyl sites for hydroxylation is 1. The molecule has 1 aliphatic heterocycles. The summed E-state index contributed by atoms with van der Waals surface area (Å²) >= 11 is 6.13. The zero-order chi connectivity index (χ0) is 20.4. The fourth-order valence-corrected chi connectivity index (χ4v) is 4.19. The molecule has 0 saturated carbocycles. The van der Waals surface area contributed by atoms with Crippen molar-refractivity contribution in [2.45, 2.75) is 19.9 Å². The number of carbonyl (C=O) groups is 1. The molecule has 0 unspecified atom stereocenters. The van der Waals surface area contributed by atoms with Crippen LogP contribution >= 0.6 is 11.6 Å². The summed E-state index contributed by atoms with van der Waals surface area (Å²) in [5.41, 5.74) is 2.46. The van der Waals surface area contributed by atoms with Crippen molar-refractivity contribution in [2.24, 2.45) is 0 Å². The molecule has 1 atom stereocenters. The lowest BCUT2D eigenvalue weighted by molar-refractivity contribution is 0.0929. The molecule has 152 valence electrons. The number of aromatic nitrogens is 2. The van der Waals surface area contributed by atoms with Crippen molar-refractivity contribution in [3.8, 4) is 0 Å². The van der Waals surface area contributed by atoms with Gasteiger partial charge >= 0.3 is 0 Å². The molecule has 0 aliphatic carbocycles. The lowest BCUT2D eigenvalue weighted by Crippen LogP contribution is -2.51. The van der Waals surface area contributed by atoms with E-state index in [-0.39, 0.29) is 11.9 Å². The SMILES string of the molecule is Cc1[nH]c2ccc(Cl)cc2c1C(=O)N[C@@H](C)CN1CCN(c2ccccn2)CC1. The number of rotatable bonds is 5. The molecule has 6 nitrogen and oxygen atoms in total. The molecule has 29 heavy (non-hydrogen) atoms. The van der Waals surface area contributed by atoms with Crippen LogP contribution in [-0.4, -0.2) is 59.5 Å². The maximum Gasteiger partial charge on any atom is 0.253 e. The quantitative estimate of drug-likeness (QED) is 0.674. The smallest absolute Gasteiger partial charge is 0.253 e. The summed E-state index contributed by atoms with van der Waals surface area (Å²) in [6.45, 7) is 8.60. The van der Waals surface area contributed by atoms with Gasteiger partial charge in [0.15, 0.2) is 0 Å². The number of halogens is 1. The molecule has 0 spiro atoms. The van der Waals surface area contributed by atoms with E-state index in [2.05, 4.69) is 32.0 Å². The monoisotopic (exact) mass is 411 g/mol. The van der Waals surface area contributed by atoms with E-state index in [4.69, 9.17) is 11.6 Å². The fraction of sp³-hybridized carbons (Fsp3) is 0.364. The molecular weight excluding hydrogens is 386 g/mol. The molecule has 7 heteroatoms. The van der Waals surface area contributed by atoms with E-state index in [1.807, 2.05) is 49.5 Å². The van der Waals surface area contributed by atoms with Crippen LogP contribution < -0.4 is 10.2 Å². The van der Waals surface area contributed by atoms with Gasteiger partial charge < -0.3 is 15.2 Å². The Labute approximate surface area is 175 Å². The molecule has 3 heterocycles. The average Bonchev–Trinajstić information content (AvgIpc) is 3.04. The van der Waals surface area contributed by atoms with Crippen LogP contribution in [0.15, 0.2) is 42.6 Å². The Bertz CT molecular complexity index is 995. The number of H-pyrrole nitrogens is 1. The summed E-state index contributed by atoms with van der Waals surface area (Å²) < 4.78 is 0.